The Bertz CT molecular complexity index is 947. The van der Waals surface area contributed by atoms with Crippen LogP contribution in [0.15, 0.2) is 53.0 Å². The maximum absolute atomic E-state index is 12.1. The van der Waals surface area contributed by atoms with Gasteiger partial charge in [-0.15, -0.1) is 0 Å². The number of aliphatic hydroxyl groups excluding tert-OH is 1. The van der Waals surface area contributed by atoms with E-state index < -0.39 is 6.03 Å². The normalized spacial score (nSPS) is 16.1. The van der Waals surface area contributed by atoms with Gasteiger partial charge >= 0.3 is 6.03 Å². The fourth-order valence-corrected chi connectivity index (χ4v) is 2.81. The van der Waals surface area contributed by atoms with Crippen LogP contribution in [0.2, 0.25) is 5.02 Å². The molecule has 128 valence electrons. The molecule has 0 saturated carbocycles. The zero-order chi connectivity index (χ0) is 18.0. The van der Waals surface area contributed by atoms with E-state index >= 15 is 0 Å². The van der Waals surface area contributed by atoms with Crippen molar-refractivity contribution in [3.63, 3.8) is 0 Å². The van der Waals surface area contributed by atoms with Crippen LogP contribution in [0.4, 0.5) is 10.5 Å². The summed E-state index contributed by atoms with van der Waals surface area (Å²) in [4.78, 5) is 12.1. The number of hydrogen-bond acceptors (Lipinski definition) is 3. The monoisotopic (exact) mass is 357 g/mol. The number of allylic oxidation sites excluding steroid dienone is 2. The molecule has 2 aromatic carbocycles. The molecule has 1 heterocycles. The third-order valence-electron chi connectivity index (χ3n) is 4.11. The van der Waals surface area contributed by atoms with Gasteiger partial charge < -0.3 is 10.4 Å². The minimum Gasteiger partial charge on any atom is -0.501 e. The Morgan fingerprint density at radius 3 is 2.84 bits per heavy atom. The van der Waals surface area contributed by atoms with Gasteiger partial charge in [-0.3, -0.25) is 0 Å². The van der Waals surface area contributed by atoms with Crippen molar-refractivity contribution >= 4 is 46.0 Å². The first-order chi connectivity index (χ1) is 12.0. The van der Waals surface area contributed by atoms with Crippen LogP contribution in [-0.4, -0.2) is 34.7 Å². The van der Waals surface area contributed by atoms with Crippen molar-refractivity contribution in [2.24, 2.45) is 5.10 Å². The summed E-state index contributed by atoms with van der Waals surface area (Å²) in [7, 11) is 1.84. The molecule has 1 aliphatic heterocycles. The predicted molar refractivity (Wildman–Crippen MR) is 101 cm³/mol. The van der Waals surface area contributed by atoms with Crippen molar-refractivity contribution in [3.8, 4) is 0 Å². The number of nitrogens with zero attached hydrogens (tertiary/aromatic N) is 2. The van der Waals surface area contributed by atoms with E-state index in [1.54, 1.807) is 13.0 Å². The summed E-state index contributed by atoms with van der Waals surface area (Å²) < 4.78 is 1.81. The third kappa shape index (κ3) is 3.49. The average Bonchev–Trinajstić information content (AvgIpc) is 2.62. The first kappa shape index (κ1) is 17.0. The van der Waals surface area contributed by atoms with Crippen LogP contribution in [0.5, 0.6) is 0 Å². The fraction of sp³-hybridized carbons (Fsp3) is 0.167. The van der Waals surface area contributed by atoms with Gasteiger partial charge in [0.2, 0.25) is 11.5 Å². The average molecular weight is 358 g/mol. The van der Waals surface area contributed by atoms with Crippen LogP contribution < -0.4 is 10.7 Å². The number of anilines is 1. The molecule has 0 unspecified atom stereocenters. The molecule has 0 fully saturated rings. The van der Waals surface area contributed by atoms with Gasteiger partial charge in [0.25, 0.3) is 0 Å². The Morgan fingerprint density at radius 1 is 1.28 bits per heavy atom. The molecular weight excluding hydrogens is 340 g/mol. The molecule has 0 saturated heterocycles. The topological polar surface area (TPSA) is 76.7 Å². The molecule has 1 aliphatic rings. The van der Waals surface area contributed by atoms with E-state index in [1.807, 2.05) is 48.2 Å². The first-order valence-electron chi connectivity index (χ1n) is 7.74. The van der Waals surface area contributed by atoms with Crippen molar-refractivity contribution in [3.05, 3.63) is 52.9 Å². The van der Waals surface area contributed by atoms with Crippen LogP contribution in [0.3, 0.4) is 0 Å². The zero-order valence-electron chi connectivity index (χ0n) is 13.9. The Kier molecular flexibility index (Phi) is 4.72. The van der Waals surface area contributed by atoms with Gasteiger partial charge in [-0.05, 0) is 11.5 Å². The van der Waals surface area contributed by atoms with E-state index in [4.69, 9.17) is 11.6 Å². The van der Waals surface area contributed by atoms with Crippen molar-refractivity contribution in [1.29, 1.82) is 0 Å². The quantitative estimate of drug-likeness (QED) is 0.563. The molecule has 0 aromatic heterocycles. The van der Waals surface area contributed by atoms with Crippen molar-refractivity contribution < 1.29 is 14.5 Å². The number of hydrogen-bond donors (Lipinski definition) is 3. The highest BCUT2D eigenvalue weighted by Crippen LogP contribution is 2.30. The number of nitrogens with one attached hydrogen (secondary N) is 2. The molecular formula is C18H18ClN4O2+. The summed E-state index contributed by atoms with van der Waals surface area (Å²) in [5.41, 5.74) is 3.95. The smallest absolute Gasteiger partial charge is 0.339 e. The molecule has 3 rings (SSSR count). The largest absolute Gasteiger partial charge is 0.501 e. The second-order valence-electron chi connectivity index (χ2n) is 5.70. The number of hydrazone groups is 1. The van der Waals surface area contributed by atoms with E-state index in [1.165, 1.54) is 0 Å². The number of aliphatic hydroxyl groups is 1. The molecule has 3 N–H and O–H groups in total. The Balaban J connectivity index is 1.74. The molecule has 0 radical (unpaired) electrons. The summed E-state index contributed by atoms with van der Waals surface area (Å²) in [5.74, 6) is 0.0639. The molecule has 2 aromatic rings. The molecule has 25 heavy (non-hydrogen) atoms. The summed E-state index contributed by atoms with van der Waals surface area (Å²) in [6.45, 7) is 1.77. The number of carbonyl (C=O) groups excluding carboxylic acids is 1. The predicted octanol–water partition coefficient (Wildman–Crippen LogP) is 3.88. The molecule has 0 aliphatic carbocycles. The maximum Gasteiger partial charge on any atom is 0.339 e. The van der Waals surface area contributed by atoms with Gasteiger partial charge in [-0.25, -0.2) is 14.8 Å². The van der Waals surface area contributed by atoms with E-state index in [-0.39, 0.29) is 5.76 Å². The van der Waals surface area contributed by atoms with E-state index in [2.05, 4.69) is 15.8 Å². The van der Waals surface area contributed by atoms with E-state index in [0.29, 0.717) is 28.5 Å². The zero-order valence-corrected chi connectivity index (χ0v) is 14.6. The van der Waals surface area contributed by atoms with Crippen molar-refractivity contribution in [2.75, 3.05) is 12.4 Å². The Labute approximate surface area is 150 Å². The highest BCUT2D eigenvalue weighted by Gasteiger charge is 2.21. The standard InChI is InChI=1S/C18H17ClN4O2/c1-11-17(24)15(9-10-23(11)2)21-22-18(25)20-14-8-7-12-5-3-4-6-13(12)16(14)19/h3-8,10H,9H2,1-2H3,(H2-,20,22,24,25)/p+1. The second-order valence-corrected chi connectivity index (χ2v) is 6.08. The number of rotatable bonds is 2. The van der Waals surface area contributed by atoms with Gasteiger partial charge in [0.15, 0.2) is 6.21 Å². The van der Waals surface area contributed by atoms with Gasteiger partial charge in [-0.1, -0.05) is 41.9 Å². The lowest BCUT2D eigenvalue weighted by Crippen LogP contribution is -2.28. The molecule has 6 nitrogen and oxygen atoms in total. The first-order valence-corrected chi connectivity index (χ1v) is 8.12. The lowest BCUT2D eigenvalue weighted by molar-refractivity contribution is -0.442. The van der Waals surface area contributed by atoms with Gasteiger partial charge in [0.1, 0.15) is 12.8 Å². The fourth-order valence-electron chi connectivity index (χ4n) is 2.53. The van der Waals surface area contributed by atoms with Crippen molar-refractivity contribution in [1.82, 2.24) is 5.43 Å². The van der Waals surface area contributed by atoms with E-state index in [0.717, 1.165) is 10.8 Å². The molecule has 7 heteroatoms. The van der Waals surface area contributed by atoms with Crippen molar-refractivity contribution in [2.45, 2.75) is 13.3 Å². The summed E-state index contributed by atoms with van der Waals surface area (Å²) >= 11 is 6.36. The minimum absolute atomic E-state index is 0.0639. The number of carbonyl (C=O) groups is 1. The summed E-state index contributed by atoms with van der Waals surface area (Å²) in [5, 5.41) is 19.0. The lowest BCUT2D eigenvalue weighted by Gasteiger charge is -2.11. The number of urea groups is 1. The number of fused-ring (bicyclic) bond motifs is 1. The molecule has 2 amide bonds. The van der Waals surface area contributed by atoms with Crippen LogP contribution in [0.25, 0.3) is 10.8 Å². The van der Waals surface area contributed by atoms with Gasteiger partial charge in [0, 0.05) is 12.3 Å². The van der Waals surface area contributed by atoms with Gasteiger partial charge in [0.05, 0.1) is 17.1 Å². The second kappa shape index (κ2) is 6.94. The minimum atomic E-state index is -0.533. The molecule has 0 spiro atoms. The maximum atomic E-state index is 12.1. The SMILES string of the molecule is CC1=C(O)C(=NNC(=O)Nc2ccc3ccccc3c2Cl)CC=[N+]1C. The highest BCUT2D eigenvalue weighted by molar-refractivity contribution is 6.38. The Hall–Kier alpha value is -2.86. The molecule has 0 bridgehead atoms. The summed E-state index contributed by atoms with van der Waals surface area (Å²) in [6.07, 6.45) is 2.30. The Morgan fingerprint density at radius 2 is 2.04 bits per heavy atom. The van der Waals surface area contributed by atoms with Gasteiger partial charge in [-0.2, -0.15) is 5.10 Å². The van der Waals surface area contributed by atoms with Crippen LogP contribution in [-0.2, 0) is 0 Å². The highest BCUT2D eigenvalue weighted by atomic mass is 35.5. The van der Waals surface area contributed by atoms with Crippen LogP contribution in [0, 0.1) is 0 Å². The number of amides is 2. The van der Waals surface area contributed by atoms with E-state index in [9.17, 15) is 9.90 Å². The van der Waals surface area contributed by atoms with Crippen LogP contribution in [0.1, 0.15) is 13.3 Å². The molecule has 0 atom stereocenters. The lowest BCUT2D eigenvalue weighted by atomic mass is 10.1. The number of benzene rings is 2. The third-order valence-corrected chi connectivity index (χ3v) is 4.51. The number of halogens is 1. The summed E-state index contributed by atoms with van der Waals surface area (Å²) in [6, 6.07) is 10.7. The van der Waals surface area contributed by atoms with Crippen LogP contribution >= 0.6 is 11.6 Å².